The average molecular weight is 358 g/mol. The minimum Gasteiger partial charge on any atom is -0.379 e. The second-order valence-corrected chi connectivity index (χ2v) is 6.44. The number of ether oxygens (including phenoxy) is 1. The fourth-order valence-corrected chi connectivity index (χ4v) is 3.07. The number of aliphatic imine (C=N–C) groups is 1. The van der Waals surface area contributed by atoms with Gasteiger partial charge in [-0.3, -0.25) is 9.89 Å². The van der Waals surface area contributed by atoms with E-state index in [1.165, 1.54) is 0 Å². The van der Waals surface area contributed by atoms with Gasteiger partial charge in [-0.1, -0.05) is 6.07 Å². The largest absolute Gasteiger partial charge is 0.379 e. The average Bonchev–Trinajstić information content (AvgIpc) is 3.09. The third-order valence-electron chi connectivity index (χ3n) is 4.44. The highest BCUT2D eigenvalue weighted by molar-refractivity contribution is 5.79. The summed E-state index contributed by atoms with van der Waals surface area (Å²) in [7, 11) is 0. The normalized spacial score (nSPS) is 16.1. The molecule has 0 spiro atoms. The van der Waals surface area contributed by atoms with Crippen LogP contribution in [0.1, 0.15) is 19.0 Å². The molecule has 3 heterocycles. The van der Waals surface area contributed by atoms with Gasteiger partial charge in [0.05, 0.1) is 18.9 Å². The molecular formula is C19H30N6O. The van der Waals surface area contributed by atoms with Gasteiger partial charge in [0.2, 0.25) is 0 Å². The van der Waals surface area contributed by atoms with E-state index >= 15 is 0 Å². The third kappa shape index (κ3) is 5.71. The molecule has 0 saturated carbocycles. The number of hydrogen-bond acceptors (Lipinski definition) is 4. The predicted molar refractivity (Wildman–Crippen MR) is 105 cm³/mol. The molecule has 26 heavy (non-hydrogen) atoms. The lowest BCUT2D eigenvalue weighted by Crippen LogP contribution is -2.39. The molecule has 0 radical (unpaired) electrons. The lowest BCUT2D eigenvalue weighted by Gasteiger charge is -2.26. The van der Waals surface area contributed by atoms with Crippen molar-refractivity contribution < 1.29 is 4.74 Å². The summed E-state index contributed by atoms with van der Waals surface area (Å²) in [4.78, 5) is 11.8. The van der Waals surface area contributed by atoms with Gasteiger partial charge in [-0.2, -0.15) is 0 Å². The van der Waals surface area contributed by atoms with Crippen LogP contribution in [0.25, 0.3) is 5.65 Å². The minimum absolute atomic E-state index is 0.819. The summed E-state index contributed by atoms with van der Waals surface area (Å²) in [6.07, 6.45) is 6.06. The number of fused-ring (bicyclic) bond motifs is 1. The van der Waals surface area contributed by atoms with E-state index in [0.717, 1.165) is 82.6 Å². The van der Waals surface area contributed by atoms with Crippen molar-refractivity contribution in [2.75, 3.05) is 52.5 Å². The lowest BCUT2D eigenvalue weighted by molar-refractivity contribution is 0.0377. The summed E-state index contributed by atoms with van der Waals surface area (Å²) >= 11 is 0. The monoisotopic (exact) mass is 358 g/mol. The molecule has 0 atom stereocenters. The quantitative estimate of drug-likeness (QED) is 0.421. The third-order valence-corrected chi connectivity index (χ3v) is 4.44. The molecule has 2 N–H and O–H groups in total. The number of pyridine rings is 1. The number of nitrogens with one attached hydrogen (secondary N) is 2. The maximum atomic E-state index is 5.38. The second-order valence-electron chi connectivity index (χ2n) is 6.44. The highest BCUT2D eigenvalue weighted by atomic mass is 16.5. The summed E-state index contributed by atoms with van der Waals surface area (Å²) in [5, 5.41) is 6.72. The van der Waals surface area contributed by atoms with Crippen molar-refractivity contribution in [3.05, 3.63) is 36.3 Å². The maximum absolute atomic E-state index is 5.38. The Labute approximate surface area is 155 Å². The molecule has 0 aromatic carbocycles. The molecule has 2 aromatic heterocycles. The molecule has 0 bridgehead atoms. The SMILES string of the molecule is CCNC(=NCCCN1CCOCC1)NCCc1cn2ccccc2n1. The van der Waals surface area contributed by atoms with E-state index in [2.05, 4.69) is 43.0 Å². The van der Waals surface area contributed by atoms with Gasteiger partial charge in [-0.05, 0) is 25.5 Å². The van der Waals surface area contributed by atoms with Crippen molar-refractivity contribution in [1.29, 1.82) is 0 Å². The summed E-state index contributed by atoms with van der Waals surface area (Å²) < 4.78 is 7.44. The Morgan fingerprint density at radius 1 is 1.27 bits per heavy atom. The number of rotatable bonds is 8. The fourth-order valence-electron chi connectivity index (χ4n) is 3.07. The van der Waals surface area contributed by atoms with E-state index in [4.69, 9.17) is 4.74 Å². The first-order chi connectivity index (χ1) is 12.8. The highest BCUT2D eigenvalue weighted by Crippen LogP contribution is 2.04. The van der Waals surface area contributed by atoms with Crippen molar-refractivity contribution in [3.63, 3.8) is 0 Å². The van der Waals surface area contributed by atoms with E-state index < -0.39 is 0 Å². The maximum Gasteiger partial charge on any atom is 0.191 e. The Kier molecular flexibility index (Phi) is 7.27. The molecule has 1 saturated heterocycles. The number of nitrogens with zero attached hydrogens (tertiary/aromatic N) is 4. The molecule has 1 aliphatic heterocycles. The van der Waals surface area contributed by atoms with Gasteiger partial charge in [0.25, 0.3) is 0 Å². The Balaban J connectivity index is 1.40. The van der Waals surface area contributed by atoms with Crippen LogP contribution in [0.4, 0.5) is 0 Å². The summed E-state index contributed by atoms with van der Waals surface area (Å²) in [6, 6.07) is 6.05. The van der Waals surface area contributed by atoms with Gasteiger partial charge in [-0.15, -0.1) is 0 Å². The Hall–Kier alpha value is -2.12. The molecule has 1 fully saturated rings. The number of hydrogen-bond donors (Lipinski definition) is 2. The molecule has 2 aromatic rings. The van der Waals surface area contributed by atoms with E-state index in [-0.39, 0.29) is 0 Å². The molecule has 7 nitrogen and oxygen atoms in total. The van der Waals surface area contributed by atoms with Crippen LogP contribution in [-0.2, 0) is 11.2 Å². The van der Waals surface area contributed by atoms with E-state index in [1.54, 1.807) is 0 Å². The Morgan fingerprint density at radius 3 is 2.96 bits per heavy atom. The zero-order chi connectivity index (χ0) is 18.0. The predicted octanol–water partition coefficient (Wildman–Crippen LogP) is 1.15. The first-order valence-corrected chi connectivity index (χ1v) is 9.60. The summed E-state index contributed by atoms with van der Waals surface area (Å²) in [6.45, 7) is 9.50. The van der Waals surface area contributed by atoms with Crippen molar-refractivity contribution in [1.82, 2.24) is 24.9 Å². The molecule has 0 unspecified atom stereocenters. The first-order valence-electron chi connectivity index (χ1n) is 9.60. The molecule has 1 aliphatic rings. The number of guanidine groups is 1. The van der Waals surface area contributed by atoms with Crippen LogP contribution in [0, 0.1) is 0 Å². The van der Waals surface area contributed by atoms with Gasteiger partial charge in [-0.25, -0.2) is 4.98 Å². The number of imidazole rings is 1. The fraction of sp³-hybridized carbons (Fsp3) is 0.579. The molecule has 3 rings (SSSR count). The van der Waals surface area contributed by atoms with Crippen LogP contribution in [-0.4, -0.2) is 72.7 Å². The summed E-state index contributed by atoms with van der Waals surface area (Å²) in [5.74, 6) is 0.887. The second kappa shape index (κ2) is 10.1. The van der Waals surface area contributed by atoms with Crippen molar-refractivity contribution in [3.8, 4) is 0 Å². The number of morpholine rings is 1. The van der Waals surface area contributed by atoms with Crippen LogP contribution in [0.5, 0.6) is 0 Å². The van der Waals surface area contributed by atoms with Crippen LogP contribution in [0.15, 0.2) is 35.6 Å². The summed E-state index contributed by atoms with van der Waals surface area (Å²) in [5.41, 5.74) is 2.08. The zero-order valence-corrected chi connectivity index (χ0v) is 15.7. The van der Waals surface area contributed by atoms with Crippen molar-refractivity contribution in [2.24, 2.45) is 4.99 Å². The minimum atomic E-state index is 0.819. The topological polar surface area (TPSA) is 66.2 Å². The zero-order valence-electron chi connectivity index (χ0n) is 15.7. The van der Waals surface area contributed by atoms with Crippen LogP contribution < -0.4 is 10.6 Å². The van der Waals surface area contributed by atoms with Crippen LogP contribution in [0.3, 0.4) is 0 Å². The van der Waals surface area contributed by atoms with Crippen LogP contribution in [0.2, 0.25) is 0 Å². The Morgan fingerprint density at radius 2 is 2.15 bits per heavy atom. The van der Waals surface area contributed by atoms with E-state index in [9.17, 15) is 0 Å². The molecular weight excluding hydrogens is 328 g/mol. The van der Waals surface area contributed by atoms with Gasteiger partial charge in [0.1, 0.15) is 5.65 Å². The first kappa shape index (κ1) is 18.7. The van der Waals surface area contributed by atoms with E-state index in [0.29, 0.717) is 0 Å². The molecule has 142 valence electrons. The molecule has 0 aliphatic carbocycles. The lowest BCUT2D eigenvalue weighted by atomic mass is 10.3. The smallest absolute Gasteiger partial charge is 0.191 e. The molecule has 7 heteroatoms. The van der Waals surface area contributed by atoms with Crippen LogP contribution >= 0.6 is 0 Å². The highest BCUT2D eigenvalue weighted by Gasteiger charge is 2.09. The Bertz CT molecular complexity index is 659. The van der Waals surface area contributed by atoms with E-state index in [1.807, 2.05) is 24.4 Å². The number of aromatic nitrogens is 2. The van der Waals surface area contributed by atoms with Gasteiger partial charge in [0, 0.05) is 58.1 Å². The van der Waals surface area contributed by atoms with Crippen molar-refractivity contribution >= 4 is 11.6 Å². The van der Waals surface area contributed by atoms with Gasteiger partial charge < -0.3 is 19.8 Å². The molecule has 0 amide bonds. The van der Waals surface area contributed by atoms with Gasteiger partial charge in [0.15, 0.2) is 5.96 Å². The standard InChI is InChI=1S/C19H30N6O/c1-2-20-19(21-8-5-10-24-12-14-26-15-13-24)22-9-7-17-16-25-11-4-3-6-18(25)23-17/h3-4,6,11,16H,2,5,7-10,12-15H2,1H3,(H2,20,21,22). The van der Waals surface area contributed by atoms with Crippen molar-refractivity contribution in [2.45, 2.75) is 19.8 Å². The van der Waals surface area contributed by atoms with Gasteiger partial charge >= 0.3 is 0 Å².